The molecule has 8 heteroatoms. The van der Waals surface area contributed by atoms with Crippen molar-refractivity contribution in [2.24, 2.45) is 7.05 Å². The van der Waals surface area contributed by atoms with Crippen molar-refractivity contribution in [3.8, 4) is 0 Å². The number of rotatable bonds is 7. The average molecular weight is 312 g/mol. The van der Waals surface area contributed by atoms with Crippen molar-refractivity contribution in [3.63, 3.8) is 0 Å². The van der Waals surface area contributed by atoms with Crippen molar-refractivity contribution in [3.05, 3.63) is 42.4 Å². The van der Waals surface area contributed by atoms with Crippen LogP contribution in [0, 0.1) is 0 Å². The molecule has 116 valence electrons. The first-order chi connectivity index (χ1) is 9.92. The molecular weight excluding hydrogens is 292 g/mol. The summed E-state index contributed by atoms with van der Waals surface area (Å²) in [5, 5.41) is 3.19. The molecular formula is C13H20N4O3S. The highest BCUT2D eigenvalue weighted by molar-refractivity contribution is 7.89. The van der Waals surface area contributed by atoms with Crippen LogP contribution in [0.25, 0.3) is 0 Å². The number of aryl methyl sites for hydroxylation is 1. The van der Waals surface area contributed by atoms with Crippen LogP contribution in [0.15, 0.2) is 35.2 Å². The fourth-order valence-corrected chi connectivity index (χ4v) is 2.69. The normalized spacial score (nSPS) is 13.7. The van der Waals surface area contributed by atoms with Gasteiger partial charge in [-0.15, -0.1) is 0 Å². The second-order valence-corrected chi connectivity index (χ2v) is 7.20. The van der Waals surface area contributed by atoms with Gasteiger partial charge in [-0.1, -0.05) is 0 Å². The Morgan fingerprint density at radius 2 is 2.24 bits per heavy atom. The van der Waals surface area contributed by atoms with Gasteiger partial charge in [-0.2, -0.15) is 0 Å². The van der Waals surface area contributed by atoms with E-state index in [1.807, 2.05) is 23.9 Å². The lowest BCUT2D eigenvalue weighted by atomic mass is 10.2. The van der Waals surface area contributed by atoms with Gasteiger partial charge in [0.25, 0.3) is 0 Å². The third-order valence-corrected chi connectivity index (χ3v) is 5.04. The maximum absolute atomic E-state index is 11.8. The zero-order chi connectivity index (χ0) is 15.5. The van der Waals surface area contributed by atoms with Crippen molar-refractivity contribution in [2.45, 2.75) is 6.04 Å². The smallest absolute Gasteiger partial charge is 0.214 e. The van der Waals surface area contributed by atoms with Crippen LogP contribution in [0.1, 0.15) is 17.6 Å². The van der Waals surface area contributed by atoms with E-state index in [1.54, 1.807) is 18.5 Å². The molecule has 7 nitrogen and oxygen atoms in total. The Hall–Kier alpha value is -1.64. The molecule has 0 aromatic carbocycles. The van der Waals surface area contributed by atoms with Gasteiger partial charge in [-0.05, 0) is 12.1 Å². The molecule has 0 aliphatic heterocycles. The summed E-state index contributed by atoms with van der Waals surface area (Å²) in [7, 11) is 1.71. The molecule has 2 heterocycles. The third kappa shape index (κ3) is 3.72. The van der Waals surface area contributed by atoms with E-state index >= 15 is 0 Å². The number of nitrogens with one attached hydrogen (secondary N) is 1. The van der Waals surface area contributed by atoms with Crippen molar-refractivity contribution in [1.82, 2.24) is 19.2 Å². The molecule has 2 aromatic rings. The summed E-state index contributed by atoms with van der Waals surface area (Å²) >= 11 is 0. The Kier molecular flexibility index (Phi) is 4.81. The first kappa shape index (κ1) is 15.7. The minimum atomic E-state index is -3.23. The highest BCUT2D eigenvalue weighted by Gasteiger charge is 2.22. The lowest BCUT2D eigenvalue weighted by molar-refractivity contribution is 0.434. The molecule has 0 aliphatic rings. The summed E-state index contributed by atoms with van der Waals surface area (Å²) in [5.74, 6) is 1.49. The second kappa shape index (κ2) is 6.42. The third-order valence-electron chi connectivity index (χ3n) is 3.21. The number of sulfonamides is 1. The number of furan rings is 1. The quantitative estimate of drug-likeness (QED) is 0.809. The Morgan fingerprint density at radius 1 is 1.48 bits per heavy atom. The zero-order valence-corrected chi connectivity index (χ0v) is 13.2. The first-order valence-corrected chi connectivity index (χ1v) is 8.17. The van der Waals surface area contributed by atoms with Gasteiger partial charge in [0.15, 0.2) is 0 Å². The van der Waals surface area contributed by atoms with Crippen molar-refractivity contribution < 1.29 is 12.8 Å². The van der Waals surface area contributed by atoms with Crippen LogP contribution >= 0.6 is 0 Å². The molecule has 0 amide bonds. The van der Waals surface area contributed by atoms with E-state index in [0.717, 1.165) is 5.82 Å². The molecule has 0 aliphatic carbocycles. The molecule has 2 aromatic heterocycles. The molecule has 0 spiro atoms. The SMILES string of the molecule is CN(C)S(=O)(=O)CCNC(c1ccco1)c1nccn1C. The average Bonchev–Trinajstić information content (AvgIpc) is 3.06. The Balaban J connectivity index is 2.10. The minimum Gasteiger partial charge on any atom is -0.467 e. The highest BCUT2D eigenvalue weighted by atomic mass is 32.2. The number of aromatic nitrogens is 2. The monoisotopic (exact) mass is 312 g/mol. The van der Waals surface area contributed by atoms with Gasteiger partial charge < -0.3 is 8.98 Å². The predicted molar refractivity (Wildman–Crippen MR) is 79.2 cm³/mol. The van der Waals surface area contributed by atoms with Crippen LogP contribution in [-0.2, 0) is 17.1 Å². The van der Waals surface area contributed by atoms with Gasteiger partial charge in [-0.25, -0.2) is 17.7 Å². The minimum absolute atomic E-state index is 0.0155. The lowest BCUT2D eigenvalue weighted by Gasteiger charge is -2.17. The van der Waals surface area contributed by atoms with Gasteiger partial charge in [0.2, 0.25) is 10.0 Å². The van der Waals surface area contributed by atoms with Crippen molar-refractivity contribution in [2.75, 3.05) is 26.4 Å². The Bertz CT molecular complexity index is 661. The fourth-order valence-electron chi connectivity index (χ4n) is 1.94. The van der Waals surface area contributed by atoms with E-state index in [2.05, 4.69) is 10.3 Å². The van der Waals surface area contributed by atoms with Crippen LogP contribution < -0.4 is 5.32 Å². The van der Waals surface area contributed by atoms with E-state index < -0.39 is 10.0 Å². The van der Waals surface area contributed by atoms with E-state index in [1.165, 1.54) is 18.4 Å². The summed E-state index contributed by atoms with van der Waals surface area (Å²) in [5.41, 5.74) is 0. The van der Waals surface area contributed by atoms with Crippen LogP contribution in [0.4, 0.5) is 0 Å². The Morgan fingerprint density at radius 3 is 2.76 bits per heavy atom. The summed E-state index contributed by atoms with van der Waals surface area (Å²) in [6.07, 6.45) is 5.12. The maximum Gasteiger partial charge on any atom is 0.214 e. The number of hydrogen-bond donors (Lipinski definition) is 1. The molecule has 0 bridgehead atoms. The number of nitrogens with zero attached hydrogens (tertiary/aromatic N) is 3. The van der Waals surface area contributed by atoms with Crippen LogP contribution in [0.5, 0.6) is 0 Å². The summed E-state index contributed by atoms with van der Waals surface area (Å²) in [4.78, 5) is 4.30. The molecule has 1 atom stereocenters. The fraction of sp³-hybridized carbons (Fsp3) is 0.462. The van der Waals surface area contributed by atoms with Crippen LogP contribution in [0.2, 0.25) is 0 Å². The van der Waals surface area contributed by atoms with Crippen LogP contribution in [0.3, 0.4) is 0 Å². The number of hydrogen-bond acceptors (Lipinski definition) is 5. The summed E-state index contributed by atoms with van der Waals surface area (Å²) < 4.78 is 32.1. The largest absolute Gasteiger partial charge is 0.467 e. The molecule has 0 saturated carbocycles. The van der Waals surface area contributed by atoms with Crippen molar-refractivity contribution >= 4 is 10.0 Å². The van der Waals surface area contributed by atoms with Gasteiger partial charge in [0.05, 0.1) is 12.0 Å². The second-order valence-electron chi connectivity index (χ2n) is 4.90. The van der Waals surface area contributed by atoms with Crippen LogP contribution in [-0.4, -0.2) is 48.7 Å². The molecule has 0 saturated heterocycles. The van der Waals surface area contributed by atoms with Gasteiger partial charge >= 0.3 is 0 Å². The van der Waals surface area contributed by atoms with Crippen molar-refractivity contribution in [1.29, 1.82) is 0 Å². The molecule has 1 unspecified atom stereocenters. The van der Waals surface area contributed by atoms with E-state index in [0.29, 0.717) is 12.3 Å². The number of imidazole rings is 1. The summed E-state index contributed by atoms with van der Waals surface area (Å²) in [6, 6.07) is 3.36. The maximum atomic E-state index is 11.8. The molecule has 0 radical (unpaired) electrons. The van der Waals surface area contributed by atoms with Gasteiger partial charge in [0.1, 0.15) is 17.6 Å². The molecule has 21 heavy (non-hydrogen) atoms. The van der Waals surface area contributed by atoms with E-state index in [9.17, 15) is 8.42 Å². The lowest BCUT2D eigenvalue weighted by Crippen LogP contribution is -2.33. The van der Waals surface area contributed by atoms with Gasteiger partial charge in [0, 0.05) is 40.1 Å². The first-order valence-electron chi connectivity index (χ1n) is 6.56. The molecule has 2 rings (SSSR count). The van der Waals surface area contributed by atoms with E-state index in [-0.39, 0.29) is 11.8 Å². The summed E-state index contributed by atoms with van der Waals surface area (Å²) in [6.45, 7) is 0.304. The van der Waals surface area contributed by atoms with Gasteiger partial charge in [-0.3, -0.25) is 5.32 Å². The Labute approximate surface area is 124 Å². The predicted octanol–water partition coefficient (Wildman–Crippen LogP) is 0.583. The molecule has 0 fully saturated rings. The zero-order valence-electron chi connectivity index (χ0n) is 12.4. The highest BCUT2D eigenvalue weighted by Crippen LogP contribution is 2.20. The van der Waals surface area contributed by atoms with E-state index in [4.69, 9.17) is 4.42 Å². The standard InChI is InChI=1S/C13H20N4O3S/c1-16(2)21(18,19)10-7-14-12(11-5-4-9-20-11)13-15-6-8-17(13)3/h4-6,8-9,12,14H,7,10H2,1-3H3. The topological polar surface area (TPSA) is 80.4 Å². The molecule has 1 N–H and O–H groups in total.